The van der Waals surface area contributed by atoms with Gasteiger partial charge in [0.05, 0.1) is 47.5 Å². The Balaban J connectivity index is 0.00000361. The highest BCUT2D eigenvalue weighted by Gasteiger charge is 2.27. The van der Waals surface area contributed by atoms with Gasteiger partial charge in [-0.25, -0.2) is 4.52 Å². The van der Waals surface area contributed by atoms with Crippen LogP contribution in [-0.4, -0.2) is 77.9 Å². The highest BCUT2D eigenvalue weighted by Crippen LogP contribution is 2.25. The number of hydrogen-bond donors (Lipinski definition) is 0. The highest BCUT2D eigenvalue weighted by atomic mass is 79.9. The van der Waals surface area contributed by atoms with Crippen molar-refractivity contribution in [3.8, 4) is 0 Å². The second-order valence-electron chi connectivity index (χ2n) is 8.08. The molecule has 1 saturated heterocycles. The van der Waals surface area contributed by atoms with E-state index in [1.807, 2.05) is 12.1 Å². The summed E-state index contributed by atoms with van der Waals surface area (Å²) in [6.45, 7) is 5.28. The maximum Gasteiger partial charge on any atom is 0.279 e. The van der Waals surface area contributed by atoms with Gasteiger partial charge in [0.2, 0.25) is 0 Å². The van der Waals surface area contributed by atoms with Crippen LogP contribution in [0.5, 0.6) is 0 Å². The quantitative estimate of drug-likeness (QED) is 0.209. The van der Waals surface area contributed by atoms with Gasteiger partial charge < -0.3 is 4.74 Å². The summed E-state index contributed by atoms with van der Waals surface area (Å²) < 4.78 is 36.1. The van der Waals surface area contributed by atoms with E-state index < -0.39 is 14.9 Å². The van der Waals surface area contributed by atoms with Gasteiger partial charge in [-0.05, 0) is 31.0 Å². The van der Waals surface area contributed by atoms with Crippen LogP contribution in [-0.2, 0) is 14.8 Å². The second kappa shape index (κ2) is 12.1. The predicted molar refractivity (Wildman–Crippen MR) is 141 cm³/mol. The zero-order chi connectivity index (χ0) is 25.0. The minimum atomic E-state index is -4.15. The van der Waals surface area contributed by atoms with Crippen molar-refractivity contribution in [2.24, 2.45) is 5.10 Å². The Morgan fingerprint density at radius 2 is 2.03 bits per heavy atom. The predicted octanol–water partition coefficient (Wildman–Crippen LogP) is 3.48. The zero-order valence-corrected chi connectivity index (χ0v) is 22.7. The maximum atomic E-state index is 13.6. The first-order chi connectivity index (χ1) is 16.8. The number of nitrogens with zero attached hydrogens (tertiary/aromatic N) is 6. The molecular formula is C22H26BrClN6O5S. The molecule has 1 fully saturated rings. The Bertz CT molecular complexity index is 1360. The first-order valence-electron chi connectivity index (χ1n) is 11.0. The molecule has 36 heavy (non-hydrogen) atoms. The molecule has 0 N–H and O–H groups in total. The van der Waals surface area contributed by atoms with E-state index in [9.17, 15) is 18.5 Å². The normalized spacial score (nSPS) is 14.7. The number of hydrogen-bond acceptors (Lipinski definition) is 8. The third-order valence-electron chi connectivity index (χ3n) is 5.70. The lowest BCUT2D eigenvalue weighted by molar-refractivity contribution is -0.385. The van der Waals surface area contributed by atoms with Crippen LogP contribution in [0.3, 0.4) is 0 Å². The van der Waals surface area contributed by atoms with Crippen molar-refractivity contribution in [3.05, 3.63) is 68.4 Å². The lowest BCUT2D eigenvalue weighted by Gasteiger charge is -2.27. The summed E-state index contributed by atoms with van der Waals surface area (Å²) in [5.74, 6) is 0. The summed E-state index contributed by atoms with van der Waals surface area (Å²) in [4.78, 5) is 12.7. The van der Waals surface area contributed by atoms with Crippen molar-refractivity contribution < 1.29 is 18.1 Å². The minimum absolute atomic E-state index is 0. The third kappa shape index (κ3) is 6.40. The van der Waals surface area contributed by atoms with Crippen molar-refractivity contribution in [2.45, 2.75) is 18.2 Å². The molecular weight excluding hydrogens is 576 g/mol. The van der Waals surface area contributed by atoms with Gasteiger partial charge in [-0.1, -0.05) is 22.0 Å². The molecule has 1 aromatic carbocycles. The molecule has 4 rings (SSSR count). The number of rotatable bonds is 9. The smallest absolute Gasteiger partial charge is 0.279 e. The molecule has 14 heteroatoms. The summed E-state index contributed by atoms with van der Waals surface area (Å²) in [6, 6.07) is 7.51. The van der Waals surface area contributed by atoms with E-state index >= 15 is 0 Å². The van der Waals surface area contributed by atoms with Crippen molar-refractivity contribution in [2.75, 3.05) is 39.4 Å². The van der Waals surface area contributed by atoms with E-state index in [-0.39, 0.29) is 29.5 Å². The Labute approximate surface area is 223 Å². The van der Waals surface area contributed by atoms with Crippen molar-refractivity contribution in [1.29, 1.82) is 0 Å². The van der Waals surface area contributed by atoms with Gasteiger partial charge in [0.15, 0.2) is 0 Å². The molecule has 0 aliphatic carbocycles. The van der Waals surface area contributed by atoms with Crippen molar-refractivity contribution in [1.82, 2.24) is 18.9 Å². The number of fused-ring (bicyclic) bond motifs is 1. The van der Waals surface area contributed by atoms with Crippen molar-refractivity contribution >= 4 is 55.8 Å². The highest BCUT2D eigenvalue weighted by molar-refractivity contribution is 9.10. The van der Waals surface area contributed by atoms with Gasteiger partial charge in [0.1, 0.15) is 0 Å². The molecule has 1 aliphatic heterocycles. The molecule has 0 radical (unpaired) electrons. The van der Waals surface area contributed by atoms with E-state index in [4.69, 9.17) is 4.74 Å². The fourth-order valence-corrected chi connectivity index (χ4v) is 5.64. The largest absolute Gasteiger partial charge is 0.379 e. The monoisotopic (exact) mass is 600 g/mol. The van der Waals surface area contributed by atoms with Crippen LogP contribution in [0.15, 0.2) is 57.2 Å². The Morgan fingerprint density at radius 1 is 1.28 bits per heavy atom. The first kappa shape index (κ1) is 28.0. The topological polar surface area (TPSA) is 123 Å². The van der Waals surface area contributed by atoms with Gasteiger partial charge in [-0.3, -0.25) is 15.0 Å². The minimum Gasteiger partial charge on any atom is -0.379 e. The van der Waals surface area contributed by atoms with Crippen LogP contribution in [0.1, 0.15) is 17.5 Å². The Morgan fingerprint density at radius 3 is 2.75 bits per heavy atom. The van der Waals surface area contributed by atoms with Crippen LogP contribution in [0.25, 0.3) is 5.52 Å². The average Bonchev–Trinajstić information content (AvgIpc) is 3.23. The average molecular weight is 602 g/mol. The molecule has 0 bridgehead atoms. The number of aromatic nitrogens is 2. The number of nitro benzene ring substituents is 1. The molecule has 11 nitrogen and oxygen atoms in total. The molecule has 3 aromatic rings. The van der Waals surface area contributed by atoms with E-state index in [1.54, 1.807) is 23.8 Å². The van der Waals surface area contributed by atoms with Crippen LogP contribution >= 0.6 is 28.3 Å². The molecule has 1 aliphatic rings. The SMILES string of the molecule is Cc1ccc([N+](=O)[O-])cc1S(=O)(=O)N(CCCN1CCOCC1)N=Cc1cnn2ccc(Br)cc12.Cl. The summed E-state index contributed by atoms with van der Waals surface area (Å²) in [7, 11) is -4.15. The lowest BCUT2D eigenvalue weighted by Crippen LogP contribution is -2.38. The summed E-state index contributed by atoms with van der Waals surface area (Å²) >= 11 is 3.43. The van der Waals surface area contributed by atoms with Gasteiger partial charge in [-0.2, -0.15) is 23.0 Å². The summed E-state index contributed by atoms with van der Waals surface area (Å²) in [5, 5.41) is 19.9. The van der Waals surface area contributed by atoms with E-state index in [0.29, 0.717) is 37.3 Å². The summed E-state index contributed by atoms with van der Waals surface area (Å²) in [6.07, 6.45) is 5.36. The zero-order valence-electron chi connectivity index (χ0n) is 19.5. The van der Waals surface area contributed by atoms with Gasteiger partial charge in [-0.15, -0.1) is 12.4 Å². The van der Waals surface area contributed by atoms with E-state index in [2.05, 4.69) is 31.0 Å². The summed E-state index contributed by atoms with van der Waals surface area (Å²) in [5.41, 5.74) is 1.50. The number of pyridine rings is 1. The molecule has 3 heterocycles. The van der Waals surface area contributed by atoms with Gasteiger partial charge in [0, 0.05) is 48.0 Å². The molecule has 0 spiro atoms. The number of halogens is 2. The van der Waals surface area contributed by atoms with Crippen LogP contribution < -0.4 is 0 Å². The van der Waals surface area contributed by atoms with Gasteiger partial charge >= 0.3 is 0 Å². The van der Waals surface area contributed by atoms with Crippen LogP contribution in [0.4, 0.5) is 5.69 Å². The van der Waals surface area contributed by atoms with Crippen molar-refractivity contribution in [3.63, 3.8) is 0 Å². The number of sulfonamides is 1. The van der Waals surface area contributed by atoms with Crippen LogP contribution in [0.2, 0.25) is 0 Å². The molecule has 0 saturated carbocycles. The third-order valence-corrected chi connectivity index (χ3v) is 8.02. The molecule has 2 aromatic heterocycles. The number of benzene rings is 1. The number of hydrazone groups is 1. The fraction of sp³-hybridized carbons (Fsp3) is 0.364. The molecule has 0 atom stereocenters. The fourth-order valence-electron chi connectivity index (χ4n) is 3.79. The number of ether oxygens (including phenoxy) is 1. The molecule has 0 amide bonds. The first-order valence-corrected chi connectivity index (χ1v) is 13.2. The number of aryl methyl sites for hydroxylation is 1. The van der Waals surface area contributed by atoms with E-state index in [1.165, 1.54) is 18.3 Å². The Kier molecular flexibility index (Phi) is 9.41. The van der Waals surface area contributed by atoms with Crippen LogP contribution in [0, 0.1) is 17.0 Å². The lowest BCUT2D eigenvalue weighted by atomic mass is 10.2. The number of non-ortho nitro benzene ring substituents is 1. The maximum absolute atomic E-state index is 13.6. The number of morpholine rings is 1. The molecule has 194 valence electrons. The second-order valence-corrected chi connectivity index (χ2v) is 10.8. The molecule has 0 unspecified atom stereocenters. The Hall–Kier alpha value is -2.58. The van der Waals surface area contributed by atoms with E-state index in [0.717, 1.165) is 33.6 Å². The van der Waals surface area contributed by atoms with Gasteiger partial charge in [0.25, 0.3) is 15.7 Å². The number of nitro groups is 1. The standard InChI is InChI=1S/C22H25BrN6O5S.ClH/c1-17-3-4-20(29(30)31)14-22(17)35(32,33)28(7-2-6-26-9-11-34-12-10-26)25-16-18-15-24-27-8-5-19(23)13-21(18)27;/h3-5,8,13-16H,2,6-7,9-12H2,1H3;1H.